The molecule has 1 aromatic carbocycles. The number of esters is 1. The lowest BCUT2D eigenvalue weighted by Crippen LogP contribution is -2.25. The van der Waals surface area contributed by atoms with E-state index in [0.717, 1.165) is 6.04 Å². The first-order valence-electron chi connectivity index (χ1n) is 6.29. The summed E-state index contributed by atoms with van der Waals surface area (Å²) in [6, 6.07) is 7.03. The first-order valence-corrected chi connectivity index (χ1v) is 10.00. The molecule has 0 aromatic heterocycles. The largest absolute Gasteiger partial charge is 0.467 e. The molecule has 19 heavy (non-hydrogen) atoms. The van der Waals surface area contributed by atoms with Crippen LogP contribution in [0.3, 0.4) is 0 Å². The Morgan fingerprint density at radius 1 is 1.32 bits per heavy atom. The summed E-state index contributed by atoms with van der Waals surface area (Å²) in [6.45, 7) is 7.08. The van der Waals surface area contributed by atoms with Crippen molar-refractivity contribution in [2.75, 3.05) is 13.7 Å². The lowest BCUT2D eigenvalue weighted by molar-refractivity contribution is -0.154. The summed E-state index contributed by atoms with van der Waals surface area (Å²) in [5.41, 5.74) is 0.227. The summed E-state index contributed by atoms with van der Waals surface area (Å²) in [4.78, 5) is 11.7. The summed E-state index contributed by atoms with van der Waals surface area (Å²) in [5.74, 6) is -1.02. The molecule has 106 valence electrons. The van der Waals surface area contributed by atoms with Gasteiger partial charge in [0.2, 0.25) is 0 Å². The van der Waals surface area contributed by atoms with Gasteiger partial charge in [-0.05, 0) is 12.1 Å². The van der Waals surface area contributed by atoms with E-state index in [1.54, 1.807) is 18.2 Å². The summed E-state index contributed by atoms with van der Waals surface area (Å²) >= 11 is 0. The highest BCUT2D eigenvalue weighted by Crippen LogP contribution is 2.23. The van der Waals surface area contributed by atoms with Crippen molar-refractivity contribution in [3.63, 3.8) is 0 Å². The van der Waals surface area contributed by atoms with E-state index >= 15 is 0 Å². The van der Waals surface area contributed by atoms with Crippen LogP contribution in [0.1, 0.15) is 11.7 Å². The second kappa shape index (κ2) is 6.82. The summed E-state index contributed by atoms with van der Waals surface area (Å²) < 4.78 is 24.0. The minimum Gasteiger partial charge on any atom is -0.467 e. The number of rotatable bonds is 6. The first-order chi connectivity index (χ1) is 8.85. The molecule has 0 bridgehead atoms. The second-order valence-corrected chi connectivity index (χ2v) is 11.2. The summed E-state index contributed by atoms with van der Waals surface area (Å²) in [5, 5.41) is 0. The van der Waals surface area contributed by atoms with Crippen LogP contribution in [-0.4, -0.2) is 27.8 Å². The minimum atomic E-state index is -1.25. The molecule has 0 saturated carbocycles. The number of hydrogen-bond acceptors (Lipinski definition) is 3. The zero-order valence-corrected chi connectivity index (χ0v) is 12.9. The van der Waals surface area contributed by atoms with E-state index in [9.17, 15) is 9.18 Å². The van der Waals surface area contributed by atoms with Crippen molar-refractivity contribution < 1.29 is 18.7 Å². The lowest BCUT2D eigenvalue weighted by Gasteiger charge is -2.20. The monoisotopic (exact) mass is 284 g/mol. The Labute approximate surface area is 114 Å². The minimum absolute atomic E-state index is 0.227. The summed E-state index contributed by atoms with van der Waals surface area (Å²) in [6.07, 6.45) is -0.984. The molecule has 1 atom stereocenters. The quantitative estimate of drug-likeness (QED) is 0.593. The van der Waals surface area contributed by atoms with Gasteiger partial charge in [0.25, 0.3) is 0 Å². The maximum absolute atomic E-state index is 13.7. The number of carbonyl (C=O) groups is 1. The highest BCUT2D eigenvalue weighted by atomic mass is 28.3. The summed E-state index contributed by atoms with van der Waals surface area (Å²) in [7, 11) is 0.0214. The fourth-order valence-corrected chi connectivity index (χ4v) is 2.29. The number of halogens is 1. The van der Waals surface area contributed by atoms with Crippen LogP contribution in [0.2, 0.25) is 25.7 Å². The van der Waals surface area contributed by atoms with Crippen LogP contribution in [0.5, 0.6) is 0 Å². The molecule has 5 heteroatoms. The van der Waals surface area contributed by atoms with Crippen LogP contribution >= 0.6 is 0 Å². The van der Waals surface area contributed by atoms with Gasteiger partial charge in [-0.3, -0.25) is 0 Å². The molecular weight excluding hydrogens is 263 g/mol. The molecule has 0 aliphatic heterocycles. The Hall–Kier alpha value is -1.20. The molecule has 0 radical (unpaired) electrons. The molecule has 0 N–H and O–H groups in total. The highest BCUT2D eigenvalue weighted by molar-refractivity contribution is 6.76. The molecule has 0 aliphatic rings. The Morgan fingerprint density at radius 3 is 2.47 bits per heavy atom. The van der Waals surface area contributed by atoms with Gasteiger partial charge in [0.05, 0.1) is 7.11 Å². The van der Waals surface area contributed by atoms with E-state index in [1.807, 2.05) is 0 Å². The van der Waals surface area contributed by atoms with E-state index in [0.29, 0.717) is 6.61 Å². The predicted octanol–water partition coefficient (Wildman–Crippen LogP) is 3.39. The molecule has 0 fully saturated rings. The van der Waals surface area contributed by atoms with E-state index in [1.165, 1.54) is 13.2 Å². The van der Waals surface area contributed by atoms with Gasteiger partial charge in [-0.2, -0.15) is 0 Å². The Balaban J connectivity index is 2.79. The van der Waals surface area contributed by atoms with Gasteiger partial charge in [-0.15, -0.1) is 0 Å². The number of hydrogen-bond donors (Lipinski definition) is 0. The van der Waals surface area contributed by atoms with Crippen LogP contribution < -0.4 is 0 Å². The molecule has 0 unspecified atom stereocenters. The molecule has 0 heterocycles. The van der Waals surface area contributed by atoms with Gasteiger partial charge >= 0.3 is 5.97 Å². The van der Waals surface area contributed by atoms with Crippen molar-refractivity contribution in [1.82, 2.24) is 0 Å². The van der Waals surface area contributed by atoms with Crippen LogP contribution in [0.15, 0.2) is 24.3 Å². The molecule has 0 spiro atoms. The van der Waals surface area contributed by atoms with Crippen LogP contribution in [0, 0.1) is 5.82 Å². The zero-order valence-electron chi connectivity index (χ0n) is 11.9. The molecule has 0 saturated heterocycles. The van der Waals surface area contributed by atoms with Gasteiger partial charge in [0.15, 0.2) is 6.10 Å². The predicted molar refractivity (Wildman–Crippen MR) is 75.3 cm³/mol. The van der Waals surface area contributed by atoms with E-state index in [-0.39, 0.29) is 5.56 Å². The molecule has 0 amide bonds. The van der Waals surface area contributed by atoms with Crippen molar-refractivity contribution in [3.8, 4) is 0 Å². The maximum atomic E-state index is 13.7. The van der Waals surface area contributed by atoms with Gasteiger partial charge in [-0.1, -0.05) is 37.8 Å². The molecule has 1 rings (SSSR count). The SMILES string of the molecule is COC(=O)[C@H](OCC[Si](C)(C)C)c1ccccc1F. The van der Waals surface area contributed by atoms with Crippen molar-refractivity contribution in [3.05, 3.63) is 35.6 Å². The molecule has 1 aromatic rings. The van der Waals surface area contributed by atoms with Crippen LogP contribution in [0.25, 0.3) is 0 Å². The Kier molecular flexibility index (Phi) is 5.69. The van der Waals surface area contributed by atoms with E-state index < -0.39 is 26.0 Å². The van der Waals surface area contributed by atoms with Gasteiger partial charge in [-0.25, -0.2) is 9.18 Å². The number of carbonyl (C=O) groups excluding carboxylic acids is 1. The highest BCUT2D eigenvalue weighted by Gasteiger charge is 2.26. The third-order valence-corrected chi connectivity index (χ3v) is 4.44. The van der Waals surface area contributed by atoms with Crippen molar-refractivity contribution >= 4 is 14.0 Å². The molecular formula is C14H21FO3Si. The van der Waals surface area contributed by atoms with Crippen molar-refractivity contribution in [1.29, 1.82) is 0 Å². The van der Waals surface area contributed by atoms with E-state index in [2.05, 4.69) is 24.4 Å². The van der Waals surface area contributed by atoms with Crippen molar-refractivity contribution in [2.45, 2.75) is 31.8 Å². The van der Waals surface area contributed by atoms with Gasteiger partial charge in [0, 0.05) is 20.2 Å². The molecule has 0 aliphatic carbocycles. The fraction of sp³-hybridized carbons (Fsp3) is 0.500. The third kappa shape index (κ3) is 5.12. The second-order valence-electron chi connectivity index (χ2n) is 5.61. The average molecular weight is 284 g/mol. The topological polar surface area (TPSA) is 35.5 Å². The number of methoxy groups -OCH3 is 1. The Morgan fingerprint density at radius 2 is 1.95 bits per heavy atom. The van der Waals surface area contributed by atoms with Crippen LogP contribution in [-0.2, 0) is 14.3 Å². The lowest BCUT2D eigenvalue weighted by atomic mass is 10.1. The maximum Gasteiger partial charge on any atom is 0.339 e. The smallest absolute Gasteiger partial charge is 0.339 e. The van der Waals surface area contributed by atoms with Gasteiger partial charge < -0.3 is 9.47 Å². The first kappa shape index (κ1) is 15.9. The third-order valence-electron chi connectivity index (χ3n) is 2.74. The van der Waals surface area contributed by atoms with E-state index in [4.69, 9.17) is 4.74 Å². The standard InChI is InChI=1S/C14H21FO3Si/c1-17-14(16)13(18-9-10-19(2,3)4)11-7-5-6-8-12(11)15/h5-8,13H,9-10H2,1-4H3/t13-/m1/s1. The van der Waals surface area contributed by atoms with Crippen LogP contribution in [0.4, 0.5) is 4.39 Å². The van der Waals surface area contributed by atoms with Crippen molar-refractivity contribution in [2.24, 2.45) is 0 Å². The number of benzene rings is 1. The average Bonchev–Trinajstić information content (AvgIpc) is 2.34. The zero-order chi connectivity index (χ0) is 14.5. The number of ether oxygens (including phenoxy) is 2. The molecule has 3 nitrogen and oxygen atoms in total. The van der Waals surface area contributed by atoms with Gasteiger partial charge in [0.1, 0.15) is 5.82 Å². The Bertz CT molecular complexity index is 429. The normalized spacial score (nSPS) is 13.1. The fourth-order valence-electron chi connectivity index (χ4n) is 1.56.